The van der Waals surface area contributed by atoms with Crippen molar-refractivity contribution in [3.8, 4) is 5.75 Å². The van der Waals surface area contributed by atoms with E-state index in [-0.39, 0.29) is 15.5 Å². The van der Waals surface area contributed by atoms with Crippen LogP contribution in [0.3, 0.4) is 0 Å². The van der Waals surface area contributed by atoms with Gasteiger partial charge >= 0.3 is 10.3 Å². The lowest BCUT2D eigenvalue weighted by molar-refractivity contribution is 0.408. The van der Waals surface area contributed by atoms with E-state index in [2.05, 4.69) is 14.5 Å². The second-order valence-corrected chi connectivity index (χ2v) is 8.13. The average molecular weight is 384 g/mol. The summed E-state index contributed by atoms with van der Waals surface area (Å²) < 4.78 is 52.3. The zero-order valence-corrected chi connectivity index (χ0v) is 15.0. The number of nitrogens with zero attached hydrogens (tertiary/aromatic N) is 3. The molecule has 0 saturated heterocycles. The van der Waals surface area contributed by atoms with Crippen molar-refractivity contribution < 1.29 is 21.0 Å². The van der Waals surface area contributed by atoms with Gasteiger partial charge in [-0.3, -0.25) is 5.01 Å². The van der Waals surface area contributed by atoms with Gasteiger partial charge in [0.25, 0.3) is 0 Å². The fourth-order valence-electron chi connectivity index (χ4n) is 1.83. The molecule has 11 heteroatoms. The molecular weight excluding hydrogens is 368 g/mol. The summed E-state index contributed by atoms with van der Waals surface area (Å²) in [6.45, 7) is 0. The van der Waals surface area contributed by atoms with Gasteiger partial charge in [0, 0.05) is 14.1 Å². The van der Waals surface area contributed by atoms with Gasteiger partial charge in [0.1, 0.15) is 4.90 Å². The highest BCUT2D eigenvalue weighted by molar-refractivity contribution is 7.91. The monoisotopic (exact) mass is 384 g/mol. The van der Waals surface area contributed by atoms with E-state index in [1.54, 1.807) is 14.1 Å². The molecule has 0 aliphatic carbocycles. The quantitative estimate of drug-likeness (QED) is 0.595. The first-order valence-electron chi connectivity index (χ1n) is 6.85. The highest BCUT2D eigenvalue weighted by atomic mass is 32.2. The van der Waals surface area contributed by atoms with Crippen molar-refractivity contribution >= 4 is 25.8 Å². The predicted molar refractivity (Wildman–Crippen MR) is 90.3 cm³/mol. The Morgan fingerprint density at radius 2 is 1.56 bits per heavy atom. The minimum Gasteiger partial charge on any atom is -0.370 e. The van der Waals surface area contributed by atoms with Gasteiger partial charge in [0.15, 0.2) is 5.75 Å². The van der Waals surface area contributed by atoms with Crippen LogP contribution in [0.1, 0.15) is 0 Å². The number of nitrogens with two attached hydrogens (primary N) is 1. The van der Waals surface area contributed by atoms with Crippen LogP contribution < -0.4 is 9.32 Å². The minimum atomic E-state index is -4.36. The highest BCUT2D eigenvalue weighted by Gasteiger charge is 2.24. The Labute approximate surface area is 145 Å². The van der Waals surface area contributed by atoms with Gasteiger partial charge in [0.2, 0.25) is 9.84 Å². The molecule has 0 saturated carbocycles. The number of sulfone groups is 1. The zero-order valence-electron chi connectivity index (χ0n) is 13.4. The Hall–Kier alpha value is -2.50. The minimum absolute atomic E-state index is 0.0539. The summed E-state index contributed by atoms with van der Waals surface area (Å²) >= 11 is 0. The van der Waals surface area contributed by atoms with Gasteiger partial charge in [-0.1, -0.05) is 17.4 Å². The second kappa shape index (κ2) is 7.17. The third-order valence-corrected chi connectivity index (χ3v) is 5.05. The summed E-state index contributed by atoms with van der Waals surface area (Å²) in [7, 11) is -4.98. The van der Waals surface area contributed by atoms with Crippen molar-refractivity contribution in [2.24, 2.45) is 15.5 Å². The van der Waals surface area contributed by atoms with Crippen LogP contribution in [0, 0.1) is 0 Å². The molecule has 0 amide bonds. The van der Waals surface area contributed by atoms with Gasteiger partial charge in [-0.15, -0.1) is 5.11 Å². The first kappa shape index (κ1) is 18.8. The van der Waals surface area contributed by atoms with Gasteiger partial charge < -0.3 is 4.18 Å². The van der Waals surface area contributed by atoms with Crippen LogP contribution in [-0.2, 0) is 20.1 Å². The fourth-order valence-corrected chi connectivity index (χ4v) is 3.66. The molecule has 0 radical (unpaired) electrons. The van der Waals surface area contributed by atoms with E-state index in [1.807, 2.05) is 0 Å². The fraction of sp³-hybridized carbons (Fsp3) is 0.143. The molecular formula is C14H16N4O5S2. The van der Waals surface area contributed by atoms with Crippen LogP contribution in [0.15, 0.2) is 68.7 Å². The SMILES string of the molecule is CN(C)N=Nc1ccc(S(=O)(=O)c2ccccc2OS(N)(=O)=O)cc1. The van der Waals surface area contributed by atoms with Crippen LogP contribution in [0.4, 0.5) is 5.69 Å². The molecule has 2 aromatic rings. The van der Waals surface area contributed by atoms with Crippen LogP contribution in [0.25, 0.3) is 0 Å². The number of hydrogen-bond donors (Lipinski definition) is 1. The van der Waals surface area contributed by atoms with E-state index in [9.17, 15) is 16.8 Å². The lowest BCUT2D eigenvalue weighted by Gasteiger charge is -2.10. The lowest BCUT2D eigenvalue weighted by atomic mass is 10.3. The molecule has 2 rings (SSSR count). The Kier molecular flexibility index (Phi) is 5.40. The molecule has 0 atom stereocenters. The second-order valence-electron chi connectivity index (χ2n) is 5.06. The van der Waals surface area contributed by atoms with E-state index >= 15 is 0 Å². The van der Waals surface area contributed by atoms with E-state index in [1.165, 1.54) is 53.5 Å². The summed E-state index contributed by atoms with van der Waals surface area (Å²) in [4.78, 5) is -0.367. The van der Waals surface area contributed by atoms with Crippen molar-refractivity contribution in [3.05, 3.63) is 48.5 Å². The van der Waals surface area contributed by atoms with Crippen molar-refractivity contribution in [2.75, 3.05) is 14.1 Å². The summed E-state index contributed by atoms with van der Waals surface area (Å²) in [5, 5.41) is 14.0. The summed E-state index contributed by atoms with van der Waals surface area (Å²) in [5.74, 6) is -0.374. The number of hydrogen-bond acceptors (Lipinski definition) is 7. The number of benzene rings is 2. The molecule has 0 fully saturated rings. The molecule has 134 valence electrons. The number of rotatable bonds is 6. The normalized spacial score (nSPS) is 12.3. The largest absolute Gasteiger partial charge is 0.380 e. The first-order chi connectivity index (χ1) is 11.6. The smallest absolute Gasteiger partial charge is 0.370 e. The zero-order chi connectivity index (χ0) is 18.7. The Morgan fingerprint density at radius 3 is 2.12 bits per heavy atom. The highest BCUT2D eigenvalue weighted by Crippen LogP contribution is 2.30. The molecule has 25 heavy (non-hydrogen) atoms. The maximum absolute atomic E-state index is 12.7. The Balaban J connectivity index is 2.43. The van der Waals surface area contributed by atoms with E-state index < -0.39 is 20.1 Å². The molecule has 9 nitrogen and oxygen atoms in total. The molecule has 0 spiro atoms. The molecule has 0 aliphatic heterocycles. The van der Waals surface area contributed by atoms with Gasteiger partial charge in [-0.2, -0.15) is 13.6 Å². The van der Waals surface area contributed by atoms with E-state index in [0.29, 0.717) is 5.69 Å². The molecule has 0 unspecified atom stereocenters. The Morgan fingerprint density at radius 1 is 0.960 bits per heavy atom. The molecule has 2 aromatic carbocycles. The molecule has 0 bridgehead atoms. The van der Waals surface area contributed by atoms with E-state index in [0.717, 1.165) is 0 Å². The standard InChI is InChI=1S/C14H16N4O5S2/c1-18(2)17-16-11-7-9-12(10-8-11)24(19,20)14-6-4-3-5-13(14)23-25(15,21)22/h3-10H,1-2H3,(H2,15,21,22). The average Bonchev–Trinajstić information content (AvgIpc) is 2.52. The lowest BCUT2D eigenvalue weighted by Crippen LogP contribution is -2.20. The van der Waals surface area contributed by atoms with Crippen molar-refractivity contribution in [1.29, 1.82) is 0 Å². The molecule has 0 heterocycles. The Bertz CT molecular complexity index is 984. The van der Waals surface area contributed by atoms with Crippen molar-refractivity contribution in [3.63, 3.8) is 0 Å². The maximum Gasteiger partial charge on any atom is 0.380 e. The molecule has 2 N–H and O–H groups in total. The topological polar surface area (TPSA) is 131 Å². The van der Waals surface area contributed by atoms with Crippen LogP contribution in [0.2, 0.25) is 0 Å². The van der Waals surface area contributed by atoms with Gasteiger partial charge in [-0.25, -0.2) is 8.42 Å². The third-order valence-electron chi connectivity index (χ3n) is 2.83. The summed E-state index contributed by atoms with van der Waals surface area (Å²) in [6, 6.07) is 10.9. The summed E-state index contributed by atoms with van der Waals surface area (Å²) in [6.07, 6.45) is 0. The van der Waals surface area contributed by atoms with Crippen LogP contribution in [-0.4, -0.2) is 35.9 Å². The molecule has 0 aliphatic rings. The summed E-state index contributed by atoms with van der Waals surface area (Å²) in [5.41, 5.74) is 0.460. The van der Waals surface area contributed by atoms with Crippen LogP contribution in [0.5, 0.6) is 5.75 Å². The first-order valence-corrected chi connectivity index (χ1v) is 9.80. The van der Waals surface area contributed by atoms with E-state index in [4.69, 9.17) is 5.14 Å². The van der Waals surface area contributed by atoms with Crippen molar-refractivity contribution in [1.82, 2.24) is 5.01 Å². The van der Waals surface area contributed by atoms with Gasteiger partial charge in [0.05, 0.1) is 10.6 Å². The number of para-hydroxylation sites is 1. The predicted octanol–water partition coefficient (Wildman–Crippen LogP) is 1.66. The molecule has 0 aromatic heterocycles. The van der Waals surface area contributed by atoms with Crippen molar-refractivity contribution in [2.45, 2.75) is 9.79 Å². The van der Waals surface area contributed by atoms with Crippen LogP contribution >= 0.6 is 0 Å². The maximum atomic E-state index is 12.7. The third kappa shape index (κ3) is 4.98. The van der Waals surface area contributed by atoms with Gasteiger partial charge in [-0.05, 0) is 36.4 Å².